The molecule has 10 nitrogen and oxygen atoms in total. The molecular formula is C28H32N4O6S. The lowest BCUT2D eigenvalue weighted by atomic mass is 10.1. The number of nitro benzene ring substituents is 1. The molecule has 39 heavy (non-hydrogen) atoms. The van der Waals surface area contributed by atoms with Gasteiger partial charge in [-0.3, -0.25) is 24.0 Å². The molecule has 0 bridgehead atoms. The van der Waals surface area contributed by atoms with Crippen LogP contribution in [0, 0.1) is 10.1 Å². The van der Waals surface area contributed by atoms with Gasteiger partial charge in [0.2, 0.25) is 11.8 Å². The number of hydrogen-bond acceptors (Lipinski definition) is 6. The number of nitrogens with one attached hydrogen (secondary N) is 1. The second-order valence-corrected chi connectivity index (χ2v) is 11.0. The van der Waals surface area contributed by atoms with E-state index in [9.17, 15) is 28.1 Å². The van der Waals surface area contributed by atoms with E-state index in [2.05, 4.69) is 5.32 Å². The molecule has 1 N–H and O–H groups in total. The van der Waals surface area contributed by atoms with Gasteiger partial charge in [-0.1, -0.05) is 61.5 Å². The molecule has 0 aliphatic rings. The minimum Gasteiger partial charge on any atom is -0.352 e. The molecule has 0 aliphatic heterocycles. The highest BCUT2D eigenvalue weighted by Crippen LogP contribution is 2.27. The molecule has 0 aromatic heterocycles. The molecule has 206 valence electrons. The smallest absolute Gasteiger partial charge is 0.271 e. The highest BCUT2D eigenvalue weighted by molar-refractivity contribution is 7.92. The maximum atomic E-state index is 13.8. The Kier molecular flexibility index (Phi) is 9.78. The first-order valence-corrected chi connectivity index (χ1v) is 13.9. The van der Waals surface area contributed by atoms with E-state index >= 15 is 0 Å². The zero-order chi connectivity index (χ0) is 28.6. The van der Waals surface area contributed by atoms with Crippen molar-refractivity contribution in [3.05, 3.63) is 101 Å². The third kappa shape index (κ3) is 7.41. The van der Waals surface area contributed by atoms with Gasteiger partial charge in [0.05, 0.1) is 15.5 Å². The summed E-state index contributed by atoms with van der Waals surface area (Å²) < 4.78 is 28.3. The Morgan fingerprint density at radius 3 is 2.15 bits per heavy atom. The number of carbonyl (C=O) groups excluding carboxylic acids is 2. The van der Waals surface area contributed by atoms with Gasteiger partial charge in [-0.2, -0.15) is 0 Å². The zero-order valence-corrected chi connectivity index (χ0v) is 22.9. The molecule has 0 saturated heterocycles. The van der Waals surface area contributed by atoms with E-state index in [4.69, 9.17) is 0 Å². The lowest BCUT2D eigenvalue weighted by molar-refractivity contribution is -0.384. The van der Waals surface area contributed by atoms with Gasteiger partial charge in [-0.05, 0) is 44.0 Å². The molecule has 0 spiro atoms. The van der Waals surface area contributed by atoms with Gasteiger partial charge in [0.15, 0.2) is 0 Å². The van der Waals surface area contributed by atoms with Crippen LogP contribution in [0.1, 0.15) is 32.8 Å². The fourth-order valence-corrected chi connectivity index (χ4v) is 5.27. The van der Waals surface area contributed by atoms with E-state index in [1.54, 1.807) is 49.4 Å². The molecule has 2 unspecified atom stereocenters. The van der Waals surface area contributed by atoms with Crippen LogP contribution in [0.4, 0.5) is 11.4 Å². The summed E-state index contributed by atoms with van der Waals surface area (Å²) in [6, 6.07) is 20.6. The summed E-state index contributed by atoms with van der Waals surface area (Å²) in [5.74, 6) is -1.02. The van der Waals surface area contributed by atoms with Crippen LogP contribution in [0.2, 0.25) is 0 Å². The highest BCUT2D eigenvalue weighted by atomic mass is 32.2. The maximum absolute atomic E-state index is 13.8. The zero-order valence-electron chi connectivity index (χ0n) is 22.1. The number of hydrogen-bond donors (Lipinski definition) is 1. The Hall–Kier alpha value is -4.25. The van der Waals surface area contributed by atoms with Crippen molar-refractivity contribution in [2.45, 2.75) is 50.7 Å². The number of sulfonamides is 1. The van der Waals surface area contributed by atoms with Gasteiger partial charge in [0.1, 0.15) is 12.6 Å². The Bertz CT molecular complexity index is 1400. The average Bonchev–Trinajstić information content (AvgIpc) is 2.94. The molecule has 0 heterocycles. The summed E-state index contributed by atoms with van der Waals surface area (Å²) in [4.78, 5) is 38.9. The Morgan fingerprint density at radius 2 is 1.56 bits per heavy atom. The van der Waals surface area contributed by atoms with Crippen molar-refractivity contribution in [2.75, 3.05) is 10.8 Å². The lowest BCUT2D eigenvalue weighted by Crippen LogP contribution is -2.52. The Labute approximate surface area is 228 Å². The first kappa shape index (κ1) is 29.3. The number of nitrogens with zero attached hydrogens (tertiary/aromatic N) is 3. The van der Waals surface area contributed by atoms with Gasteiger partial charge < -0.3 is 10.2 Å². The quantitative estimate of drug-likeness (QED) is 0.266. The van der Waals surface area contributed by atoms with Gasteiger partial charge in [0.25, 0.3) is 15.7 Å². The number of nitro groups is 1. The van der Waals surface area contributed by atoms with E-state index in [0.29, 0.717) is 6.42 Å². The summed E-state index contributed by atoms with van der Waals surface area (Å²) in [7, 11) is -4.30. The standard InChI is InChI=1S/C28H32N4O6S/c1-4-21(2)29-28(34)22(3)30(19-23-12-7-5-8-13-23)27(33)20-31(24-14-11-15-25(18-24)32(35)36)39(37,38)26-16-9-6-10-17-26/h5-18,21-22H,4,19-20H2,1-3H3,(H,29,34). The Balaban J connectivity index is 2.04. The molecule has 11 heteroatoms. The van der Waals surface area contributed by atoms with Crippen LogP contribution in [0.25, 0.3) is 0 Å². The first-order valence-electron chi connectivity index (χ1n) is 12.5. The van der Waals surface area contributed by atoms with Crippen molar-refractivity contribution in [2.24, 2.45) is 0 Å². The monoisotopic (exact) mass is 552 g/mol. The number of anilines is 1. The van der Waals surface area contributed by atoms with Crippen molar-refractivity contribution < 1.29 is 22.9 Å². The van der Waals surface area contributed by atoms with E-state index < -0.39 is 33.4 Å². The van der Waals surface area contributed by atoms with Gasteiger partial charge >= 0.3 is 0 Å². The van der Waals surface area contributed by atoms with E-state index in [1.165, 1.54) is 35.2 Å². The molecule has 0 fully saturated rings. The van der Waals surface area contributed by atoms with Crippen LogP contribution in [0.3, 0.4) is 0 Å². The summed E-state index contributed by atoms with van der Waals surface area (Å²) in [5.41, 5.74) is 0.385. The van der Waals surface area contributed by atoms with Crippen LogP contribution in [0.5, 0.6) is 0 Å². The SMILES string of the molecule is CCC(C)NC(=O)C(C)N(Cc1ccccc1)C(=O)CN(c1cccc([N+](=O)[O-])c1)S(=O)(=O)c1ccccc1. The van der Waals surface area contributed by atoms with Crippen LogP contribution >= 0.6 is 0 Å². The molecule has 0 radical (unpaired) electrons. The number of carbonyl (C=O) groups is 2. The molecule has 3 aromatic carbocycles. The second-order valence-electron chi connectivity index (χ2n) is 9.10. The molecule has 0 aliphatic carbocycles. The van der Waals surface area contributed by atoms with Gasteiger partial charge in [0, 0.05) is 24.7 Å². The molecule has 0 saturated carbocycles. The predicted molar refractivity (Wildman–Crippen MR) is 148 cm³/mol. The number of amides is 2. The topological polar surface area (TPSA) is 130 Å². The average molecular weight is 553 g/mol. The molecule has 2 amide bonds. The maximum Gasteiger partial charge on any atom is 0.271 e. The highest BCUT2D eigenvalue weighted by Gasteiger charge is 2.33. The number of benzene rings is 3. The van der Waals surface area contributed by atoms with Gasteiger partial charge in [-0.15, -0.1) is 0 Å². The fourth-order valence-electron chi connectivity index (χ4n) is 3.84. The van der Waals surface area contributed by atoms with Crippen molar-refractivity contribution >= 4 is 33.2 Å². The summed E-state index contributed by atoms with van der Waals surface area (Å²) >= 11 is 0. The van der Waals surface area contributed by atoms with Gasteiger partial charge in [-0.25, -0.2) is 8.42 Å². The van der Waals surface area contributed by atoms with Crippen molar-refractivity contribution in [1.29, 1.82) is 0 Å². The minimum atomic E-state index is -4.30. The summed E-state index contributed by atoms with van der Waals surface area (Å²) in [6.45, 7) is 4.75. The Morgan fingerprint density at radius 1 is 0.949 bits per heavy atom. The molecule has 3 rings (SSSR count). The largest absolute Gasteiger partial charge is 0.352 e. The van der Waals surface area contributed by atoms with Crippen LogP contribution in [-0.4, -0.2) is 48.7 Å². The fraction of sp³-hybridized carbons (Fsp3) is 0.286. The summed E-state index contributed by atoms with van der Waals surface area (Å²) in [5, 5.41) is 14.3. The molecule has 2 atom stereocenters. The normalized spacial score (nSPS) is 12.7. The first-order chi connectivity index (χ1) is 18.5. The van der Waals surface area contributed by atoms with Crippen LogP contribution in [-0.2, 0) is 26.2 Å². The predicted octanol–water partition coefficient (Wildman–Crippen LogP) is 4.12. The van der Waals surface area contributed by atoms with Crippen molar-refractivity contribution in [3.63, 3.8) is 0 Å². The number of rotatable bonds is 12. The second kappa shape index (κ2) is 13.0. The van der Waals surface area contributed by atoms with Crippen molar-refractivity contribution in [3.8, 4) is 0 Å². The minimum absolute atomic E-state index is 0.0437. The molecular weight excluding hydrogens is 520 g/mol. The summed E-state index contributed by atoms with van der Waals surface area (Å²) in [6.07, 6.45) is 0.695. The van der Waals surface area contributed by atoms with E-state index in [-0.39, 0.29) is 34.8 Å². The van der Waals surface area contributed by atoms with E-state index in [1.807, 2.05) is 19.9 Å². The lowest BCUT2D eigenvalue weighted by Gasteiger charge is -2.32. The third-order valence-corrected chi connectivity index (χ3v) is 8.09. The van der Waals surface area contributed by atoms with Crippen LogP contribution in [0.15, 0.2) is 89.8 Å². The third-order valence-electron chi connectivity index (χ3n) is 6.30. The number of non-ortho nitro benzene ring substituents is 1. The van der Waals surface area contributed by atoms with Crippen molar-refractivity contribution in [1.82, 2.24) is 10.2 Å². The molecule has 3 aromatic rings. The van der Waals surface area contributed by atoms with E-state index in [0.717, 1.165) is 15.9 Å². The van der Waals surface area contributed by atoms with Crippen LogP contribution < -0.4 is 9.62 Å².